The van der Waals surface area contributed by atoms with Gasteiger partial charge in [-0.05, 0) is 42.9 Å². The molecule has 1 saturated heterocycles. The van der Waals surface area contributed by atoms with Crippen LogP contribution in [0, 0.1) is 5.92 Å². The summed E-state index contributed by atoms with van der Waals surface area (Å²) in [5.74, 6) is 1.02. The molecule has 2 aliphatic rings. The minimum absolute atomic E-state index is 0.214. The number of para-hydroxylation sites is 1. The Hall–Kier alpha value is -2.29. The van der Waals surface area contributed by atoms with Crippen molar-refractivity contribution < 1.29 is 4.79 Å². The van der Waals surface area contributed by atoms with Gasteiger partial charge in [0.1, 0.15) is 0 Å². The van der Waals surface area contributed by atoms with Crippen LogP contribution in [0.1, 0.15) is 30.7 Å². The predicted octanol–water partition coefficient (Wildman–Crippen LogP) is 3.89. The van der Waals surface area contributed by atoms with Gasteiger partial charge in [-0.2, -0.15) is 0 Å². The molecule has 3 heteroatoms. The third-order valence-electron chi connectivity index (χ3n) is 5.29. The first-order chi connectivity index (χ1) is 11.8. The molecule has 1 saturated carbocycles. The molecule has 0 aromatic heterocycles. The van der Waals surface area contributed by atoms with E-state index >= 15 is 0 Å². The smallest absolute Gasteiger partial charge is 0.226 e. The van der Waals surface area contributed by atoms with Gasteiger partial charge in [0.15, 0.2) is 0 Å². The minimum atomic E-state index is 0.214. The number of carbonyl (C=O) groups excluding carboxylic acids is 1. The molecule has 2 atom stereocenters. The molecule has 4 rings (SSSR count). The Bertz CT molecular complexity index is 677. The first kappa shape index (κ1) is 15.3. The molecule has 2 unspecified atom stereocenters. The first-order valence-electron chi connectivity index (χ1n) is 8.96. The molecule has 124 valence electrons. The molecule has 2 aromatic carbocycles. The summed E-state index contributed by atoms with van der Waals surface area (Å²) in [5.41, 5.74) is 2.49. The number of hydrogen-bond donors (Lipinski definition) is 1. The lowest BCUT2D eigenvalue weighted by Gasteiger charge is -2.33. The van der Waals surface area contributed by atoms with Gasteiger partial charge in [-0.15, -0.1) is 0 Å². The number of rotatable bonds is 4. The topological polar surface area (TPSA) is 32.3 Å². The van der Waals surface area contributed by atoms with E-state index in [-0.39, 0.29) is 5.92 Å². The van der Waals surface area contributed by atoms with Crippen LogP contribution in [-0.4, -0.2) is 29.9 Å². The van der Waals surface area contributed by atoms with Crippen molar-refractivity contribution >= 4 is 11.6 Å². The Balaban J connectivity index is 1.28. The number of anilines is 1. The molecule has 1 heterocycles. The van der Waals surface area contributed by atoms with Crippen molar-refractivity contribution in [2.24, 2.45) is 5.92 Å². The maximum atomic E-state index is 12.7. The van der Waals surface area contributed by atoms with E-state index in [1.807, 2.05) is 12.1 Å². The zero-order chi connectivity index (χ0) is 16.4. The molecule has 1 amide bonds. The molecule has 2 aromatic rings. The average molecular weight is 320 g/mol. The third-order valence-corrected chi connectivity index (χ3v) is 5.29. The van der Waals surface area contributed by atoms with Crippen LogP contribution >= 0.6 is 0 Å². The van der Waals surface area contributed by atoms with E-state index in [4.69, 9.17) is 0 Å². The highest BCUT2D eigenvalue weighted by molar-refractivity contribution is 5.83. The van der Waals surface area contributed by atoms with Gasteiger partial charge < -0.3 is 10.2 Å². The molecular formula is C21H24N2O. The Morgan fingerprint density at radius 1 is 0.917 bits per heavy atom. The fourth-order valence-electron chi connectivity index (χ4n) is 3.79. The standard InChI is InChI=1S/C21H24N2O/c24-21(20-15-19(20)16-7-3-1-4-8-16)23-13-11-18(12-14-23)22-17-9-5-2-6-10-17/h1-10,18-20,22H,11-15H2. The fourth-order valence-corrected chi connectivity index (χ4v) is 3.79. The van der Waals surface area contributed by atoms with Crippen molar-refractivity contribution in [3.63, 3.8) is 0 Å². The van der Waals surface area contributed by atoms with Crippen LogP contribution in [0.25, 0.3) is 0 Å². The zero-order valence-electron chi connectivity index (χ0n) is 13.9. The molecule has 24 heavy (non-hydrogen) atoms. The summed E-state index contributed by atoms with van der Waals surface area (Å²) < 4.78 is 0. The lowest BCUT2D eigenvalue weighted by Crippen LogP contribution is -2.43. The van der Waals surface area contributed by atoms with Crippen molar-refractivity contribution in [2.75, 3.05) is 18.4 Å². The third kappa shape index (κ3) is 3.30. The Morgan fingerprint density at radius 2 is 1.54 bits per heavy atom. The number of carbonyl (C=O) groups is 1. The summed E-state index contributed by atoms with van der Waals surface area (Å²) in [6.07, 6.45) is 3.08. The van der Waals surface area contributed by atoms with Crippen LogP contribution in [0.2, 0.25) is 0 Å². The highest BCUT2D eigenvalue weighted by Gasteiger charge is 2.46. The Morgan fingerprint density at radius 3 is 2.21 bits per heavy atom. The van der Waals surface area contributed by atoms with Gasteiger partial charge in [0.25, 0.3) is 0 Å². The minimum Gasteiger partial charge on any atom is -0.382 e. The number of hydrogen-bond acceptors (Lipinski definition) is 2. The van der Waals surface area contributed by atoms with Gasteiger partial charge in [-0.3, -0.25) is 4.79 Å². The molecular weight excluding hydrogens is 296 g/mol. The van der Waals surface area contributed by atoms with E-state index in [9.17, 15) is 4.79 Å². The van der Waals surface area contributed by atoms with E-state index < -0.39 is 0 Å². The average Bonchev–Trinajstić information content (AvgIpc) is 3.44. The zero-order valence-corrected chi connectivity index (χ0v) is 13.9. The van der Waals surface area contributed by atoms with Gasteiger partial charge >= 0.3 is 0 Å². The maximum Gasteiger partial charge on any atom is 0.226 e. The van der Waals surface area contributed by atoms with Crippen LogP contribution in [-0.2, 0) is 4.79 Å². The van der Waals surface area contributed by atoms with E-state index in [1.54, 1.807) is 0 Å². The summed E-state index contributed by atoms with van der Waals surface area (Å²) in [7, 11) is 0. The second kappa shape index (κ2) is 6.68. The first-order valence-corrected chi connectivity index (χ1v) is 8.96. The number of amides is 1. The quantitative estimate of drug-likeness (QED) is 0.927. The summed E-state index contributed by atoms with van der Waals surface area (Å²) in [4.78, 5) is 14.8. The molecule has 2 fully saturated rings. The predicted molar refractivity (Wildman–Crippen MR) is 97.0 cm³/mol. The van der Waals surface area contributed by atoms with Crippen molar-refractivity contribution in [1.29, 1.82) is 0 Å². The number of likely N-dealkylation sites (tertiary alicyclic amines) is 1. The number of piperidine rings is 1. The molecule has 0 spiro atoms. The van der Waals surface area contributed by atoms with Crippen molar-refractivity contribution in [1.82, 2.24) is 4.90 Å². The van der Waals surface area contributed by atoms with Gasteiger partial charge in [-0.25, -0.2) is 0 Å². The maximum absolute atomic E-state index is 12.7. The summed E-state index contributed by atoms with van der Waals surface area (Å²) >= 11 is 0. The molecule has 0 radical (unpaired) electrons. The van der Waals surface area contributed by atoms with Gasteiger partial charge in [-0.1, -0.05) is 48.5 Å². The van der Waals surface area contributed by atoms with Crippen molar-refractivity contribution in [2.45, 2.75) is 31.2 Å². The highest BCUT2D eigenvalue weighted by atomic mass is 16.2. The highest BCUT2D eigenvalue weighted by Crippen LogP contribution is 2.48. The number of benzene rings is 2. The second-order valence-electron chi connectivity index (χ2n) is 6.97. The normalized spacial score (nSPS) is 23.8. The lowest BCUT2D eigenvalue weighted by molar-refractivity contribution is -0.133. The van der Waals surface area contributed by atoms with Crippen LogP contribution in [0.15, 0.2) is 60.7 Å². The van der Waals surface area contributed by atoms with Crippen LogP contribution < -0.4 is 5.32 Å². The Kier molecular flexibility index (Phi) is 4.24. The van der Waals surface area contributed by atoms with Crippen LogP contribution in [0.3, 0.4) is 0 Å². The van der Waals surface area contributed by atoms with E-state index in [1.165, 1.54) is 11.3 Å². The van der Waals surface area contributed by atoms with Crippen LogP contribution in [0.5, 0.6) is 0 Å². The SMILES string of the molecule is O=C(C1CC1c1ccccc1)N1CCC(Nc2ccccc2)CC1. The van der Waals surface area contributed by atoms with Gasteiger partial charge in [0.05, 0.1) is 0 Å². The molecule has 3 nitrogen and oxygen atoms in total. The summed E-state index contributed by atoms with van der Waals surface area (Å²) in [6, 6.07) is 21.3. The van der Waals surface area contributed by atoms with Crippen molar-refractivity contribution in [3.8, 4) is 0 Å². The number of nitrogens with one attached hydrogen (secondary N) is 1. The van der Waals surface area contributed by atoms with Gasteiger partial charge in [0.2, 0.25) is 5.91 Å². The molecule has 0 bridgehead atoms. The monoisotopic (exact) mass is 320 g/mol. The molecule has 1 N–H and O–H groups in total. The lowest BCUT2D eigenvalue weighted by atomic mass is 10.0. The van der Waals surface area contributed by atoms with E-state index in [0.717, 1.165) is 32.4 Å². The van der Waals surface area contributed by atoms with E-state index in [2.05, 4.69) is 58.7 Å². The second-order valence-corrected chi connectivity index (χ2v) is 6.97. The largest absolute Gasteiger partial charge is 0.382 e. The van der Waals surface area contributed by atoms with E-state index in [0.29, 0.717) is 17.9 Å². The summed E-state index contributed by atoms with van der Waals surface area (Å²) in [6.45, 7) is 1.75. The molecule has 1 aliphatic heterocycles. The number of nitrogens with zero attached hydrogens (tertiary/aromatic N) is 1. The Labute approximate surface area is 143 Å². The molecule has 1 aliphatic carbocycles. The van der Waals surface area contributed by atoms with Gasteiger partial charge in [0, 0.05) is 30.7 Å². The fraction of sp³-hybridized carbons (Fsp3) is 0.381. The summed E-state index contributed by atoms with van der Waals surface area (Å²) in [5, 5.41) is 3.58. The van der Waals surface area contributed by atoms with Crippen molar-refractivity contribution in [3.05, 3.63) is 66.2 Å². The van der Waals surface area contributed by atoms with Crippen LogP contribution in [0.4, 0.5) is 5.69 Å².